The lowest BCUT2D eigenvalue weighted by molar-refractivity contribution is -0.121. The molecule has 0 aliphatic carbocycles. The Balaban J connectivity index is 1.50. The average molecular weight is 338 g/mol. The lowest BCUT2D eigenvalue weighted by Gasteiger charge is -2.04. The molecular formula is C20H19FN2O2. The first-order valence-corrected chi connectivity index (χ1v) is 8.13. The molecule has 1 heterocycles. The first-order chi connectivity index (χ1) is 12.1. The number of halogens is 1. The van der Waals surface area contributed by atoms with Gasteiger partial charge in [0, 0.05) is 24.9 Å². The lowest BCUT2D eigenvalue weighted by atomic mass is 10.1. The van der Waals surface area contributed by atoms with E-state index in [4.69, 9.17) is 4.42 Å². The highest BCUT2D eigenvalue weighted by Crippen LogP contribution is 2.21. The minimum Gasteiger partial charge on any atom is -0.441 e. The van der Waals surface area contributed by atoms with Gasteiger partial charge in [-0.2, -0.15) is 0 Å². The van der Waals surface area contributed by atoms with Crippen LogP contribution in [-0.2, 0) is 17.8 Å². The van der Waals surface area contributed by atoms with Gasteiger partial charge in [-0.1, -0.05) is 42.0 Å². The van der Waals surface area contributed by atoms with E-state index in [0.29, 0.717) is 24.6 Å². The van der Waals surface area contributed by atoms with E-state index >= 15 is 0 Å². The van der Waals surface area contributed by atoms with Crippen molar-refractivity contribution in [3.8, 4) is 11.3 Å². The van der Waals surface area contributed by atoms with Gasteiger partial charge in [-0.25, -0.2) is 9.37 Å². The van der Waals surface area contributed by atoms with Crippen LogP contribution in [0.25, 0.3) is 11.3 Å². The highest BCUT2D eigenvalue weighted by Gasteiger charge is 2.09. The molecule has 5 heteroatoms. The number of rotatable bonds is 6. The van der Waals surface area contributed by atoms with Gasteiger partial charge in [-0.15, -0.1) is 0 Å². The van der Waals surface area contributed by atoms with Crippen molar-refractivity contribution in [2.45, 2.75) is 26.3 Å². The summed E-state index contributed by atoms with van der Waals surface area (Å²) in [5.74, 6) is 0.779. The van der Waals surface area contributed by atoms with Gasteiger partial charge in [-0.3, -0.25) is 4.79 Å². The Morgan fingerprint density at radius 3 is 2.76 bits per heavy atom. The molecule has 25 heavy (non-hydrogen) atoms. The second-order valence-electron chi connectivity index (χ2n) is 5.89. The maximum atomic E-state index is 13.1. The van der Waals surface area contributed by atoms with Crippen molar-refractivity contribution < 1.29 is 13.6 Å². The molecule has 0 bridgehead atoms. The molecule has 1 N–H and O–H groups in total. The number of carbonyl (C=O) groups is 1. The van der Waals surface area contributed by atoms with Gasteiger partial charge in [0.2, 0.25) is 5.91 Å². The van der Waals surface area contributed by atoms with Gasteiger partial charge in [0.05, 0.1) is 6.20 Å². The van der Waals surface area contributed by atoms with Gasteiger partial charge >= 0.3 is 0 Å². The van der Waals surface area contributed by atoms with Crippen molar-refractivity contribution in [3.05, 3.63) is 77.6 Å². The topological polar surface area (TPSA) is 55.1 Å². The number of amides is 1. The number of aromatic nitrogens is 1. The third-order valence-corrected chi connectivity index (χ3v) is 3.83. The Labute approximate surface area is 145 Å². The van der Waals surface area contributed by atoms with Crippen LogP contribution in [-0.4, -0.2) is 10.9 Å². The van der Waals surface area contributed by atoms with Crippen LogP contribution in [0.1, 0.15) is 23.4 Å². The van der Waals surface area contributed by atoms with Gasteiger partial charge in [0.1, 0.15) is 5.82 Å². The van der Waals surface area contributed by atoms with E-state index < -0.39 is 0 Å². The molecule has 3 rings (SSSR count). The van der Waals surface area contributed by atoms with Crippen LogP contribution in [0.5, 0.6) is 0 Å². The molecule has 4 nitrogen and oxygen atoms in total. The summed E-state index contributed by atoms with van der Waals surface area (Å²) in [7, 11) is 0. The summed E-state index contributed by atoms with van der Waals surface area (Å²) in [5, 5.41) is 2.77. The van der Waals surface area contributed by atoms with Gasteiger partial charge in [-0.05, 0) is 24.6 Å². The summed E-state index contributed by atoms with van der Waals surface area (Å²) in [5.41, 5.74) is 2.87. The number of hydrogen-bond donors (Lipinski definition) is 1. The molecule has 3 aromatic rings. The zero-order chi connectivity index (χ0) is 17.6. The van der Waals surface area contributed by atoms with Crippen molar-refractivity contribution in [2.75, 3.05) is 0 Å². The molecule has 0 atom stereocenters. The molecule has 0 saturated carbocycles. The summed E-state index contributed by atoms with van der Waals surface area (Å²) in [4.78, 5) is 16.1. The fourth-order valence-corrected chi connectivity index (χ4v) is 2.43. The maximum Gasteiger partial charge on any atom is 0.220 e. The van der Waals surface area contributed by atoms with Crippen molar-refractivity contribution in [3.63, 3.8) is 0 Å². The molecule has 0 spiro atoms. The van der Waals surface area contributed by atoms with Gasteiger partial charge in [0.25, 0.3) is 0 Å². The van der Waals surface area contributed by atoms with Crippen molar-refractivity contribution in [1.82, 2.24) is 10.3 Å². The number of hydrogen-bond acceptors (Lipinski definition) is 3. The SMILES string of the molecule is Cc1ccc(-c2cnc(CCC(=O)NCc3cccc(F)c3)o2)cc1. The van der Waals surface area contributed by atoms with Crippen LogP contribution in [0.3, 0.4) is 0 Å². The fourth-order valence-electron chi connectivity index (χ4n) is 2.43. The normalized spacial score (nSPS) is 10.6. The second kappa shape index (κ2) is 7.75. The number of aryl methyl sites for hydroxylation is 2. The van der Waals surface area contributed by atoms with Gasteiger partial charge < -0.3 is 9.73 Å². The van der Waals surface area contributed by atoms with Crippen molar-refractivity contribution >= 4 is 5.91 Å². The van der Waals surface area contributed by atoms with Crippen LogP contribution in [0, 0.1) is 12.7 Å². The molecule has 1 aromatic heterocycles. The smallest absolute Gasteiger partial charge is 0.220 e. The van der Waals surface area contributed by atoms with E-state index in [0.717, 1.165) is 11.1 Å². The Kier molecular flexibility index (Phi) is 5.23. The molecule has 0 unspecified atom stereocenters. The van der Waals surface area contributed by atoms with Crippen molar-refractivity contribution in [2.24, 2.45) is 0 Å². The minimum atomic E-state index is -0.310. The zero-order valence-electron chi connectivity index (χ0n) is 14.0. The predicted octanol–water partition coefficient (Wildman–Crippen LogP) is 4.04. The lowest BCUT2D eigenvalue weighted by Crippen LogP contribution is -2.23. The maximum absolute atomic E-state index is 13.1. The molecule has 2 aromatic carbocycles. The summed E-state index contributed by atoms with van der Waals surface area (Å²) in [6.45, 7) is 2.33. The fraction of sp³-hybridized carbons (Fsp3) is 0.200. The molecule has 1 amide bonds. The quantitative estimate of drug-likeness (QED) is 0.738. The summed E-state index contributed by atoms with van der Waals surface area (Å²) in [6.07, 6.45) is 2.36. The number of benzene rings is 2. The third-order valence-electron chi connectivity index (χ3n) is 3.83. The zero-order valence-corrected chi connectivity index (χ0v) is 14.0. The largest absolute Gasteiger partial charge is 0.441 e. The van der Waals surface area contributed by atoms with E-state index in [9.17, 15) is 9.18 Å². The molecule has 0 radical (unpaired) electrons. The molecule has 0 fully saturated rings. The molecule has 0 saturated heterocycles. The van der Waals surface area contributed by atoms with Crippen LogP contribution in [0.2, 0.25) is 0 Å². The summed E-state index contributed by atoms with van der Waals surface area (Å²) < 4.78 is 18.8. The molecule has 0 aliphatic heterocycles. The Bertz CT molecular complexity index is 856. The van der Waals surface area contributed by atoms with Crippen LogP contribution in [0.4, 0.5) is 4.39 Å². The van der Waals surface area contributed by atoms with E-state index in [1.54, 1.807) is 18.3 Å². The standard InChI is InChI=1S/C20H19FN2O2/c1-14-5-7-16(8-6-14)18-13-23-20(25-18)10-9-19(24)22-12-15-3-2-4-17(21)11-15/h2-8,11,13H,9-10,12H2,1H3,(H,22,24). The Morgan fingerprint density at radius 2 is 2.00 bits per heavy atom. The van der Waals surface area contributed by atoms with Gasteiger partial charge in [0.15, 0.2) is 11.7 Å². The highest BCUT2D eigenvalue weighted by molar-refractivity contribution is 5.76. The Morgan fingerprint density at radius 1 is 1.20 bits per heavy atom. The van der Waals surface area contributed by atoms with Crippen LogP contribution in [0.15, 0.2) is 59.1 Å². The van der Waals surface area contributed by atoms with E-state index in [1.165, 1.54) is 17.7 Å². The second-order valence-corrected chi connectivity index (χ2v) is 5.89. The van der Waals surface area contributed by atoms with Crippen LogP contribution >= 0.6 is 0 Å². The van der Waals surface area contributed by atoms with E-state index in [1.807, 2.05) is 31.2 Å². The van der Waals surface area contributed by atoms with E-state index in [2.05, 4.69) is 10.3 Å². The van der Waals surface area contributed by atoms with Crippen molar-refractivity contribution in [1.29, 1.82) is 0 Å². The number of carbonyl (C=O) groups excluding carboxylic acids is 1. The number of nitrogens with zero attached hydrogens (tertiary/aromatic N) is 1. The number of nitrogens with one attached hydrogen (secondary N) is 1. The number of oxazole rings is 1. The molecule has 0 aliphatic rings. The summed E-state index contributed by atoms with van der Waals surface area (Å²) in [6, 6.07) is 14.1. The van der Waals surface area contributed by atoms with E-state index in [-0.39, 0.29) is 18.1 Å². The molecule has 128 valence electrons. The highest BCUT2D eigenvalue weighted by atomic mass is 19.1. The molecular weight excluding hydrogens is 319 g/mol. The predicted molar refractivity (Wildman–Crippen MR) is 93.2 cm³/mol. The summed E-state index contributed by atoms with van der Waals surface area (Å²) >= 11 is 0. The Hall–Kier alpha value is -2.95. The minimum absolute atomic E-state index is 0.126. The first-order valence-electron chi connectivity index (χ1n) is 8.13. The third kappa shape index (κ3) is 4.76. The first kappa shape index (κ1) is 16.9. The monoisotopic (exact) mass is 338 g/mol. The average Bonchev–Trinajstić information content (AvgIpc) is 3.08. The van der Waals surface area contributed by atoms with Crippen LogP contribution < -0.4 is 5.32 Å².